The van der Waals surface area contributed by atoms with Gasteiger partial charge in [-0.1, -0.05) is 48.5 Å². The molecule has 0 bridgehead atoms. The number of carboxylic acids is 1. The number of sulfonamides is 1. The molecule has 5 N–H and O–H groups in total. The smallest absolute Gasteiger partial charge is 0.475 e. The summed E-state index contributed by atoms with van der Waals surface area (Å²) in [6.07, 6.45) is -4.72. The highest BCUT2D eigenvalue weighted by molar-refractivity contribution is 7.89. The van der Waals surface area contributed by atoms with Crippen LogP contribution in [-0.2, 0) is 35.8 Å². The first-order valence-electron chi connectivity index (χ1n) is 12.8. The van der Waals surface area contributed by atoms with Crippen LogP contribution in [0.3, 0.4) is 0 Å². The van der Waals surface area contributed by atoms with Gasteiger partial charge in [0.05, 0.1) is 29.8 Å². The second kappa shape index (κ2) is 14.6. The average Bonchev–Trinajstić information content (AvgIpc) is 3.35. The molecule has 0 aliphatic carbocycles. The Kier molecular flexibility index (Phi) is 12.0. The van der Waals surface area contributed by atoms with Crippen molar-refractivity contribution in [2.24, 2.45) is 5.73 Å². The molecule has 1 fully saturated rings. The summed E-state index contributed by atoms with van der Waals surface area (Å²) in [6, 6.07) is 15.1. The summed E-state index contributed by atoms with van der Waals surface area (Å²) in [4.78, 5) is 36.6. The van der Waals surface area contributed by atoms with Crippen LogP contribution in [0.15, 0.2) is 59.5 Å². The van der Waals surface area contributed by atoms with Crippen molar-refractivity contribution in [2.75, 3.05) is 13.2 Å². The lowest BCUT2D eigenvalue weighted by atomic mass is 10.1. The molecule has 1 aliphatic rings. The Balaban J connectivity index is 0.000000782. The number of carbonyl (C=O) groups is 3. The number of ether oxygens (including phenoxy) is 1. The Labute approximate surface area is 242 Å². The highest BCUT2D eigenvalue weighted by Gasteiger charge is 2.39. The van der Waals surface area contributed by atoms with Crippen molar-refractivity contribution in [1.82, 2.24) is 14.9 Å². The quantitative estimate of drug-likeness (QED) is 0.315. The zero-order valence-electron chi connectivity index (χ0n) is 23.3. The van der Waals surface area contributed by atoms with Gasteiger partial charge < -0.3 is 25.8 Å². The molecule has 2 atom stereocenters. The number of nitrogens with two attached hydrogens (primary N) is 1. The number of hydrogen-bond donors (Lipinski definition) is 4. The summed E-state index contributed by atoms with van der Waals surface area (Å²) in [5.41, 5.74) is 6.26. The number of nitrogens with zero attached hydrogens (tertiary/aromatic N) is 1. The molecule has 15 heteroatoms. The third kappa shape index (κ3) is 10.4. The van der Waals surface area contributed by atoms with Crippen molar-refractivity contribution >= 4 is 27.8 Å². The monoisotopic (exact) mass is 616 g/mol. The van der Waals surface area contributed by atoms with E-state index in [9.17, 15) is 31.2 Å². The molecule has 2 aromatic rings. The fraction of sp³-hybridized carbons (Fsp3) is 0.444. The number of alkyl halides is 3. The predicted octanol–water partition coefficient (Wildman–Crippen LogP) is 2.29. The SMILES string of the molecule is Cc1ccccc1S(=O)(=O)NC1CCCN1C(=O)[C@@H](COCc1ccccc1)NC(=O)C(C)(C)N.O=C(O)C(F)(F)F. The minimum absolute atomic E-state index is 0.0800. The highest BCUT2D eigenvalue weighted by Crippen LogP contribution is 2.21. The first-order chi connectivity index (χ1) is 19.4. The van der Waals surface area contributed by atoms with Crippen molar-refractivity contribution in [3.63, 3.8) is 0 Å². The van der Waals surface area contributed by atoms with Crippen LogP contribution < -0.4 is 15.8 Å². The maximum atomic E-state index is 13.5. The number of aliphatic carboxylic acids is 1. The first kappa shape index (κ1) is 34.7. The summed E-state index contributed by atoms with van der Waals surface area (Å²) in [5.74, 6) is -3.69. The maximum absolute atomic E-state index is 13.5. The van der Waals surface area contributed by atoms with Crippen LogP contribution in [0.4, 0.5) is 13.2 Å². The molecule has 1 unspecified atom stereocenters. The van der Waals surface area contributed by atoms with Gasteiger partial charge in [0, 0.05) is 6.54 Å². The number of nitrogens with one attached hydrogen (secondary N) is 2. The third-order valence-corrected chi connectivity index (χ3v) is 7.66. The number of benzene rings is 2. The van der Waals surface area contributed by atoms with Crippen molar-refractivity contribution in [1.29, 1.82) is 0 Å². The number of amides is 2. The number of rotatable bonds is 10. The molecule has 0 saturated carbocycles. The third-order valence-electron chi connectivity index (χ3n) is 6.04. The molecule has 3 rings (SSSR count). The number of halogens is 3. The molecule has 0 spiro atoms. The molecule has 2 aromatic carbocycles. The van der Waals surface area contributed by atoms with Gasteiger partial charge in [0.1, 0.15) is 6.04 Å². The molecule has 2 amide bonds. The van der Waals surface area contributed by atoms with Gasteiger partial charge in [-0.3, -0.25) is 9.59 Å². The summed E-state index contributed by atoms with van der Waals surface area (Å²) in [6.45, 7) is 5.35. The topological polar surface area (TPSA) is 168 Å². The van der Waals surface area contributed by atoms with Crippen molar-refractivity contribution < 1.29 is 45.8 Å². The van der Waals surface area contributed by atoms with Crippen LogP contribution in [-0.4, -0.2) is 73.3 Å². The minimum atomic E-state index is -5.08. The fourth-order valence-electron chi connectivity index (χ4n) is 3.84. The summed E-state index contributed by atoms with van der Waals surface area (Å²) >= 11 is 0. The molecule has 1 aliphatic heterocycles. The van der Waals surface area contributed by atoms with Gasteiger partial charge >= 0.3 is 12.1 Å². The molecule has 1 saturated heterocycles. The van der Waals surface area contributed by atoms with E-state index < -0.39 is 51.7 Å². The van der Waals surface area contributed by atoms with Gasteiger partial charge in [-0.15, -0.1) is 0 Å². The number of carbonyl (C=O) groups excluding carboxylic acids is 2. The van der Waals surface area contributed by atoms with Gasteiger partial charge in [0.25, 0.3) is 0 Å². The summed E-state index contributed by atoms with van der Waals surface area (Å²) in [7, 11) is -3.85. The zero-order chi connectivity index (χ0) is 31.7. The van der Waals surface area contributed by atoms with E-state index in [0.717, 1.165) is 5.56 Å². The summed E-state index contributed by atoms with van der Waals surface area (Å²) < 4.78 is 66.2. The Hall–Kier alpha value is -3.53. The molecule has 42 heavy (non-hydrogen) atoms. The van der Waals surface area contributed by atoms with Gasteiger partial charge in [-0.25, -0.2) is 13.2 Å². The van der Waals surface area contributed by atoms with E-state index in [1.165, 1.54) is 11.0 Å². The minimum Gasteiger partial charge on any atom is -0.475 e. The molecule has 0 radical (unpaired) electrons. The lowest BCUT2D eigenvalue weighted by molar-refractivity contribution is -0.192. The number of aryl methyl sites for hydroxylation is 1. The normalized spacial score (nSPS) is 16.3. The number of hydrogen-bond acceptors (Lipinski definition) is 7. The maximum Gasteiger partial charge on any atom is 0.490 e. The van der Waals surface area contributed by atoms with E-state index in [4.69, 9.17) is 20.4 Å². The second-order valence-electron chi connectivity index (χ2n) is 10.1. The van der Waals surface area contributed by atoms with E-state index in [1.807, 2.05) is 30.3 Å². The average molecular weight is 617 g/mol. The standard InChI is InChI=1S/C25H34N4O5S.C2HF3O2/c1-18-10-7-8-13-21(18)35(32,33)28-22-14-9-15-29(22)23(30)20(27-24(31)25(2,3)26)17-34-16-19-11-5-4-6-12-19;3-2(4,5)1(6)7/h4-8,10-13,20,22,28H,9,14-17,26H2,1-3H3,(H,27,31);(H,6,7)/t20-,22?;/m1./s1. The van der Waals surface area contributed by atoms with E-state index in [-0.39, 0.29) is 18.1 Å². The van der Waals surface area contributed by atoms with Crippen molar-refractivity contribution in [3.05, 3.63) is 65.7 Å². The Morgan fingerprint density at radius 1 is 1.10 bits per heavy atom. The Morgan fingerprint density at radius 2 is 1.67 bits per heavy atom. The van der Waals surface area contributed by atoms with Crippen LogP contribution in [0.2, 0.25) is 0 Å². The number of carboxylic acid groups (broad SMARTS) is 1. The van der Waals surface area contributed by atoms with E-state index in [0.29, 0.717) is 24.9 Å². The Morgan fingerprint density at radius 3 is 2.21 bits per heavy atom. The lowest BCUT2D eigenvalue weighted by Crippen LogP contribution is -2.59. The first-order valence-corrected chi connectivity index (χ1v) is 14.3. The number of likely N-dealkylation sites (tertiary alicyclic amines) is 1. The van der Waals surface area contributed by atoms with Crippen LogP contribution in [0.25, 0.3) is 0 Å². The lowest BCUT2D eigenvalue weighted by Gasteiger charge is -2.31. The Bertz CT molecular complexity index is 1330. The van der Waals surface area contributed by atoms with Gasteiger partial charge in [0.15, 0.2) is 0 Å². The summed E-state index contributed by atoms with van der Waals surface area (Å²) in [5, 5.41) is 9.81. The van der Waals surface area contributed by atoms with Crippen LogP contribution >= 0.6 is 0 Å². The van der Waals surface area contributed by atoms with E-state index >= 15 is 0 Å². The van der Waals surface area contributed by atoms with Crippen molar-refractivity contribution in [2.45, 2.75) is 69.0 Å². The molecule has 11 nitrogen and oxygen atoms in total. The van der Waals surface area contributed by atoms with Gasteiger partial charge in [0.2, 0.25) is 21.8 Å². The largest absolute Gasteiger partial charge is 0.490 e. The van der Waals surface area contributed by atoms with Gasteiger partial charge in [-0.2, -0.15) is 17.9 Å². The molecule has 1 heterocycles. The molecule has 232 valence electrons. The van der Waals surface area contributed by atoms with Crippen LogP contribution in [0.5, 0.6) is 0 Å². The zero-order valence-corrected chi connectivity index (χ0v) is 24.2. The van der Waals surface area contributed by atoms with Crippen LogP contribution in [0, 0.1) is 6.92 Å². The highest BCUT2D eigenvalue weighted by atomic mass is 32.2. The predicted molar refractivity (Wildman–Crippen MR) is 146 cm³/mol. The van der Waals surface area contributed by atoms with Crippen molar-refractivity contribution in [3.8, 4) is 0 Å². The van der Waals surface area contributed by atoms with Crippen LogP contribution in [0.1, 0.15) is 37.8 Å². The second-order valence-corrected chi connectivity index (χ2v) is 11.8. The van der Waals surface area contributed by atoms with E-state index in [1.54, 1.807) is 39.0 Å². The fourth-order valence-corrected chi connectivity index (χ4v) is 5.32. The van der Waals surface area contributed by atoms with Gasteiger partial charge in [-0.05, 0) is 50.8 Å². The van der Waals surface area contributed by atoms with E-state index in [2.05, 4.69) is 10.0 Å². The molecular formula is C27H35F3N4O7S. The molecule has 0 aromatic heterocycles. The molecular weight excluding hydrogens is 581 g/mol.